The number of unbranched alkanes of at least 4 members (excludes halogenated alkanes) is 1. The van der Waals surface area contributed by atoms with Crippen LogP contribution >= 0.6 is 0 Å². The van der Waals surface area contributed by atoms with Crippen molar-refractivity contribution >= 4 is 5.57 Å². The normalized spacial score (nSPS) is 16.3. The van der Waals surface area contributed by atoms with E-state index in [0.717, 1.165) is 75.3 Å². The molecule has 3 aromatic rings. The van der Waals surface area contributed by atoms with E-state index in [0.29, 0.717) is 11.8 Å². The molecule has 0 unspecified atom stereocenters. The molecule has 0 spiro atoms. The van der Waals surface area contributed by atoms with Crippen LogP contribution in [-0.4, -0.2) is 47.5 Å². The van der Waals surface area contributed by atoms with E-state index < -0.39 is 0 Å². The third-order valence-corrected chi connectivity index (χ3v) is 7.78. The van der Waals surface area contributed by atoms with Crippen molar-refractivity contribution in [2.45, 2.75) is 59.3 Å². The number of fused-ring (bicyclic) bond motifs is 1. The first-order chi connectivity index (χ1) is 18.1. The van der Waals surface area contributed by atoms with Gasteiger partial charge in [-0.2, -0.15) is 5.10 Å². The molecule has 0 aliphatic carbocycles. The summed E-state index contributed by atoms with van der Waals surface area (Å²) < 4.78 is 7.99. The van der Waals surface area contributed by atoms with Gasteiger partial charge >= 0.3 is 0 Å². The summed E-state index contributed by atoms with van der Waals surface area (Å²) in [7, 11) is 0. The quantitative estimate of drug-likeness (QED) is 0.350. The van der Waals surface area contributed by atoms with Crippen LogP contribution in [0.2, 0.25) is 0 Å². The molecule has 2 aliphatic rings. The lowest BCUT2D eigenvalue weighted by atomic mass is 9.88. The number of benzene rings is 2. The molecule has 2 aliphatic heterocycles. The Morgan fingerprint density at radius 2 is 1.84 bits per heavy atom. The van der Waals surface area contributed by atoms with E-state index in [1.807, 2.05) is 10.9 Å². The van der Waals surface area contributed by atoms with Crippen molar-refractivity contribution in [1.29, 1.82) is 0 Å². The molecule has 5 heteroatoms. The molecule has 196 valence electrons. The fourth-order valence-corrected chi connectivity index (χ4v) is 5.62. The van der Waals surface area contributed by atoms with E-state index in [4.69, 9.17) is 9.73 Å². The number of nitrogens with zero attached hydrogens (tertiary/aromatic N) is 4. The van der Waals surface area contributed by atoms with Crippen molar-refractivity contribution in [2.24, 2.45) is 16.8 Å². The monoisotopic (exact) mass is 498 g/mol. The fraction of sp³-hybridized carbons (Fsp3) is 0.500. The van der Waals surface area contributed by atoms with Crippen LogP contribution in [-0.2, 0) is 12.8 Å². The predicted molar refractivity (Wildman–Crippen MR) is 151 cm³/mol. The molecule has 37 heavy (non-hydrogen) atoms. The van der Waals surface area contributed by atoms with Gasteiger partial charge in [-0.25, -0.2) is 4.68 Å². The van der Waals surface area contributed by atoms with Gasteiger partial charge < -0.3 is 9.64 Å². The Labute approximate surface area is 221 Å². The number of hydrogen-bond donors (Lipinski definition) is 0. The van der Waals surface area contributed by atoms with Gasteiger partial charge in [-0.15, -0.1) is 0 Å². The van der Waals surface area contributed by atoms with E-state index in [1.54, 1.807) is 0 Å². The molecule has 1 fully saturated rings. The molecule has 0 saturated carbocycles. The van der Waals surface area contributed by atoms with Crippen LogP contribution in [0, 0.1) is 11.8 Å². The molecular formula is C32H42N4O. The molecule has 5 nitrogen and oxygen atoms in total. The zero-order valence-electron chi connectivity index (χ0n) is 22.8. The zero-order chi connectivity index (χ0) is 25.6. The van der Waals surface area contributed by atoms with E-state index in [1.165, 1.54) is 34.8 Å². The molecule has 0 atom stereocenters. The maximum atomic E-state index is 5.98. The molecule has 3 heterocycles. The van der Waals surface area contributed by atoms with Gasteiger partial charge in [-0.3, -0.25) is 4.99 Å². The highest BCUT2D eigenvalue weighted by molar-refractivity contribution is 5.53. The molecule has 5 rings (SSSR count). The van der Waals surface area contributed by atoms with E-state index in [-0.39, 0.29) is 0 Å². The molecule has 1 saturated heterocycles. The number of rotatable bonds is 11. The van der Waals surface area contributed by atoms with Crippen molar-refractivity contribution in [1.82, 2.24) is 14.7 Å². The first-order valence-electron chi connectivity index (χ1n) is 14.2. The number of piperidine rings is 1. The Morgan fingerprint density at radius 1 is 1.03 bits per heavy atom. The van der Waals surface area contributed by atoms with Crippen LogP contribution in [0.3, 0.4) is 0 Å². The molecule has 2 aromatic carbocycles. The molecular weight excluding hydrogens is 456 g/mol. The van der Waals surface area contributed by atoms with Crippen molar-refractivity contribution < 1.29 is 4.74 Å². The van der Waals surface area contributed by atoms with Crippen LogP contribution in [0.4, 0.5) is 0 Å². The Balaban J connectivity index is 1.13. The summed E-state index contributed by atoms with van der Waals surface area (Å²) >= 11 is 0. The van der Waals surface area contributed by atoms with Crippen molar-refractivity contribution in [3.63, 3.8) is 0 Å². The minimum atomic E-state index is 0.633. The Bertz CT molecular complexity index is 1280. The minimum Gasteiger partial charge on any atom is -0.494 e. The largest absolute Gasteiger partial charge is 0.494 e. The highest BCUT2D eigenvalue weighted by Crippen LogP contribution is 2.26. The Hall–Kier alpha value is -2.92. The molecule has 0 amide bonds. The second-order valence-electron chi connectivity index (χ2n) is 11.1. The second-order valence-corrected chi connectivity index (χ2v) is 11.1. The van der Waals surface area contributed by atoms with Crippen LogP contribution in [0.5, 0.6) is 5.75 Å². The van der Waals surface area contributed by atoms with Gasteiger partial charge in [0.2, 0.25) is 0 Å². The topological polar surface area (TPSA) is 42.6 Å². The Kier molecular flexibility index (Phi) is 8.40. The summed E-state index contributed by atoms with van der Waals surface area (Å²) in [6, 6.07) is 15.3. The Morgan fingerprint density at radius 3 is 2.59 bits per heavy atom. The first-order valence-corrected chi connectivity index (χ1v) is 14.2. The number of likely N-dealkylation sites (tertiary alicyclic amines) is 1. The molecule has 1 aromatic heterocycles. The lowest BCUT2D eigenvalue weighted by molar-refractivity contribution is 0.208. The van der Waals surface area contributed by atoms with E-state index in [9.17, 15) is 0 Å². The summed E-state index contributed by atoms with van der Waals surface area (Å²) in [4.78, 5) is 7.43. The maximum Gasteiger partial charge on any atom is 0.120 e. The van der Waals surface area contributed by atoms with E-state index >= 15 is 0 Å². The van der Waals surface area contributed by atoms with Gasteiger partial charge in [0, 0.05) is 18.0 Å². The third-order valence-electron chi connectivity index (χ3n) is 7.78. The van der Waals surface area contributed by atoms with Gasteiger partial charge in [-0.1, -0.05) is 39.3 Å². The highest BCUT2D eigenvalue weighted by atomic mass is 16.5. The van der Waals surface area contributed by atoms with Crippen molar-refractivity contribution in [2.75, 3.05) is 32.8 Å². The summed E-state index contributed by atoms with van der Waals surface area (Å²) in [6.45, 7) is 11.8. The van der Waals surface area contributed by atoms with Crippen molar-refractivity contribution in [3.05, 3.63) is 76.6 Å². The second kappa shape index (κ2) is 12.1. The zero-order valence-corrected chi connectivity index (χ0v) is 22.8. The average Bonchev–Trinajstić information content (AvgIpc) is 3.55. The molecule has 0 bridgehead atoms. The van der Waals surface area contributed by atoms with E-state index in [2.05, 4.69) is 79.4 Å². The number of hydrogen-bond acceptors (Lipinski definition) is 4. The summed E-state index contributed by atoms with van der Waals surface area (Å²) in [5.41, 5.74) is 5.36. The number of ether oxygens (including phenoxy) is 1. The molecule has 0 N–H and O–H groups in total. The minimum absolute atomic E-state index is 0.633. The summed E-state index contributed by atoms with van der Waals surface area (Å²) in [5.74, 6) is 2.30. The predicted octanol–water partition coefficient (Wildman–Crippen LogP) is 4.99. The maximum absolute atomic E-state index is 5.98. The van der Waals surface area contributed by atoms with Crippen LogP contribution in [0.1, 0.15) is 57.6 Å². The SMILES string of the molecule is CCCCOc1ccc2c(c1)=C(C1CCN(CCc3cnn(-c4ccc(CC(C)C)cc4)c3)CC1)CN=2. The van der Waals surface area contributed by atoms with Crippen LogP contribution in [0.15, 0.2) is 59.9 Å². The summed E-state index contributed by atoms with van der Waals surface area (Å²) in [6.07, 6.45) is 11.1. The molecule has 0 radical (unpaired) electrons. The smallest absolute Gasteiger partial charge is 0.120 e. The first kappa shape index (κ1) is 25.7. The average molecular weight is 499 g/mol. The van der Waals surface area contributed by atoms with Gasteiger partial charge in [0.05, 0.1) is 30.4 Å². The number of aromatic nitrogens is 2. The van der Waals surface area contributed by atoms with Crippen LogP contribution < -0.4 is 15.3 Å². The fourth-order valence-electron chi connectivity index (χ4n) is 5.62. The van der Waals surface area contributed by atoms with Crippen molar-refractivity contribution in [3.8, 4) is 11.4 Å². The standard InChI is InChI=1S/C32H42N4O/c1-4-5-18-37-29-10-11-32-30(20-29)31(22-33-32)27-13-16-35(17-14-27)15-12-26-21-34-36(23-26)28-8-6-25(7-9-28)19-24(2)3/h6-11,20-21,23-24,27H,4-5,12-19,22H2,1-3H3. The van der Waals surface area contributed by atoms with Gasteiger partial charge in [0.25, 0.3) is 0 Å². The lowest BCUT2D eigenvalue weighted by Crippen LogP contribution is -2.37. The third kappa shape index (κ3) is 6.51. The lowest BCUT2D eigenvalue weighted by Gasteiger charge is -2.32. The van der Waals surface area contributed by atoms with Crippen LogP contribution in [0.25, 0.3) is 11.3 Å². The van der Waals surface area contributed by atoms with Gasteiger partial charge in [0.15, 0.2) is 0 Å². The van der Waals surface area contributed by atoms with Gasteiger partial charge in [-0.05, 0) is 104 Å². The summed E-state index contributed by atoms with van der Waals surface area (Å²) in [5, 5.41) is 7.11. The highest BCUT2D eigenvalue weighted by Gasteiger charge is 2.24. The van der Waals surface area contributed by atoms with Gasteiger partial charge in [0.1, 0.15) is 5.75 Å².